The van der Waals surface area contributed by atoms with Gasteiger partial charge in [-0.2, -0.15) is 0 Å². The lowest BCUT2D eigenvalue weighted by Gasteiger charge is -2.16. The highest BCUT2D eigenvalue weighted by molar-refractivity contribution is 7.09. The number of ether oxygens (including phenoxy) is 1. The minimum atomic E-state index is 0.329. The zero-order valence-electron chi connectivity index (χ0n) is 11.4. The summed E-state index contributed by atoms with van der Waals surface area (Å²) < 4.78 is 5.24. The third kappa shape index (κ3) is 3.86. The van der Waals surface area contributed by atoms with Gasteiger partial charge >= 0.3 is 0 Å². The summed E-state index contributed by atoms with van der Waals surface area (Å²) in [6.45, 7) is 3.68. The Morgan fingerprint density at radius 1 is 1.32 bits per heavy atom. The van der Waals surface area contributed by atoms with Crippen molar-refractivity contribution < 1.29 is 4.74 Å². The van der Waals surface area contributed by atoms with Crippen LogP contribution in [0.15, 0.2) is 35.8 Å². The zero-order chi connectivity index (χ0) is 13.5. The van der Waals surface area contributed by atoms with E-state index in [4.69, 9.17) is 4.74 Å². The highest BCUT2D eigenvalue weighted by Crippen LogP contribution is 2.20. The number of aromatic nitrogens is 1. The summed E-state index contributed by atoms with van der Waals surface area (Å²) in [6, 6.07) is 8.72. The first-order valence-corrected chi connectivity index (χ1v) is 7.41. The number of thiazole rings is 1. The molecule has 0 amide bonds. The number of rotatable bonds is 7. The van der Waals surface area contributed by atoms with E-state index in [1.165, 1.54) is 11.1 Å². The Morgan fingerprint density at radius 2 is 2.11 bits per heavy atom. The van der Waals surface area contributed by atoms with Gasteiger partial charge in [0.05, 0.1) is 12.6 Å². The second-order valence-electron chi connectivity index (χ2n) is 4.41. The summed E-state index contributed by atoms with van der Waals surface area (Å²) in [4.78, 5) is 4.39. The number of hydrogen-bond donors (Lipinski definition) is 1. The molecule has 0 aliphatic carbocycles. The van der Waals surface area contributed by atoms with Gasteiger partial charge in [-0.15, -0.1) is 11.3 Å². The topological polar surface area (TPSA) is 34.1 Å². The highest BCUT2D eigenvalue weighted by Gasteiger charge is 2.11. The molecule has 0 aliphatic heterocycles. The summed E-state index contributed by atoms with van der Waals surface area (Å²) in [5.74, 6) is 0. The standard InChI is InChI=1S/C15H20N2OS/c1-3-14(15-16-8-9-19-15)17-10-12-6-4-5-7-13(12)11-18-2/h4-9,14,17H,3,10-11H2,1-2H3. The van der Waals surface area contributed by atoms with E-state index in [0.717, 1.165) is 18.0 Å². The Balaban J connectivity index is 2.01. The molecule has 0 fully saturated rings. The average Bonchev–Trinajstić information content (AvgIpc) is 2.96. The Labute approximate surface area is 118 Å². The highest BCUT2D eigenvalue weighted by atomic mass is 32.1. The van der Waals surface area contributed by atoms with Crippen molar-refractivity contribution in [1.29, 1.82) is 0 Å². The van der Waals surface area contributed by atoms with E-state index >= 15 is 0 Å². The number of benzene rings is 1. The summed E-state index contributed by atoms with van der Waals surface area (Å²) in [5.41, 5.74) is 2.53. The van der Waals surface area contributed by atoms with Crippen LogP contribution >= 0.6 is 11.3 Å². The van der Waals surface area contributed by atoms with Crippen molar-refractivity contribution in [2.24, 2.45) is 0 Å². The fourth-order valence-electron chi connectivity index (χ4n) is 2.07. The van der Waals surface area contributed by atoms with Crippen LogP contribution in [0.5, 0.6) is 0 Å². The largest absolute Gasteiger partial charge is 0.380 e. The molecule has 1 aromatic carbocycles. The third-order valence-corrected chi connectivity index (χ3v) is 4.00. The molecule has 1 N–H and O–H groups in total. The fourth-order valence-corrected chi connectivity index (χ4v) is 2.87. The van der Waals surface area contributed by atoms with Gasteiger partial charge in [-0.1, -0.05) is 31.2 Å². The van der Waals surface area contributed by atoms with Crippen LogP contribution < -0.4 is 5.32 Å². The molecule has 3 nitrogen and oxygen atoms in total. The molecule has 2 aromatic rings. The molecule has 0 saturated carbocycles. The molecule has 0 bridgehead atoms. The number of methoxy groups -OCH3 is 1. The first-order valence-electron chi connectivity index (χ1n) is 6.53. The van der Waals surface area contributed by atoms with Gasteiger partial charge in [-0.3, -0.25) is 0 Å². The molecule has 19 heavy (non-hydrogen) atoms. The van der Waals surface area contributed by atoms with Crippen molar-refractivity contribution in [3.8, 4) is 0 Å². The summed E-state index contributed by atoms with van der Waals surface area (Å²) in [7, 11) is 1.73. The van der Waals surface area contributed by atoms with Crippen molar-refractivity contribution in [2.75, 3.05) is 7.11 Å². The minimum absolute atomic E-state index is 0.329. The lowest BCUT2D eigenvalue weighted by molar-refractivity contribution is 0.184. The second-order valence-corrected chi connectivity index (χ2v) is 5.34. The molecule has 0 spiro atoms. The van der Waals surface area contributed by atoms with Crippen LogP contribution in [0, 0.1) is 0 Å². The van der Waals surface area contributed by atoms with Crippen molar-refractivity contribution in [3.63, 3.8) is 0 Å². The molecule has 0 aliphatic rings. The molecule has 1 heterocycles. The Bertz CT molecular complexity index is 485. The van der Waals surface area contributed by atoms with Gasteiger partial charge in [0.15, 0.2) is 0 Å². The third-order valence-electron chi connectivity index (χ3n) is 3.11. The number of hydrogen-bond acceptors (Lipinski definition) is 4. The lowest BCUT2D eigenvalue weighted by atomic mass is 10.1. The molecular formula is C15H20N2OS. The van der Waals surface area contributed by atoms with E-state index in [-0.39, 0.29) is 0 Å². The van der Waals surface area contributed by atoms with E-state index in [1.54, 1.807) is 18.4 Å². The van der Waals surface area contributed by atoms with Gasteiger partial charge in [-0.05, 0) is 17.5 Å². The number of nitrogens with zero attached hydrogens (tertiary/aromatic N) is 1. The van der Waals surface area contributed by atoms with Gasteiger partial charge < -0.3 is 10.1 Å². The van der Waals surface area contributed by atoms with Crippen LogP contribution in [0.2, 0.25) is 0 Å². The lowest BCUT2D eigenvalue weighted by Crippen LogP contribution is -2.20. The maximum absolute atomic E-state index is 5.24. The first kappa shape index (κ1) is 14.2. The number of nitrogens with one attached hydrogen (secondary N) is 1. The Morgan fingerprint density at radius 3 is 2.74 bits per heavy atom. The fraction of sp³-hybridized carbons (Fsp3) is 0.400. The van der Waals surface area contributed by atoms with Crippen LogP contribution in [0.3, 0.4) is 0 Å². The van der Waals surface area contributed by atoms with Crippen molar-refractivity contribution in [2.45, 2.75) is 32.5 Å². The maximum Gasteiger partial charge on any atom is 0.109 e. The van der Waals surface area contributed by atoms with E-state index in [9.17, 15) is 0 Å². The smallest absolute Gasteiger partial charge is 0.109 e. The van der Waals surface area contributed by atoms with Gasteiger partial charge in [-0.25, -0.2) is 4.98 Å². The van der Waals surface area contributed by atoms with Crippen LogP contribution in [-0.4, -0.2) is 12.1 Å². The van der Waals surface area contributed by atoms with Crippen LogP contribution in [-0.2, 0) is 17.9 Å². The van der Waals surface area contributed by atoms with Crippen LogP contribution in [0.25, 0.3) is 0 Å². The summed E-state index contributed by atoms with van der Waals surface area (Å²) in [5, 5.41) is 6.76. The van der Waals surface area contributed by atoms with Gasteiger partial charge in [0.25, 0.3) is 0 Å². The SMILES string of the molecule is CCC(NCc1ccccc1COC)c1nccs1. The maximum atomic E-state index is 5.24. The predicted molar refractivity (Wildman–Crippen MR) is 79.1 cm³/mol. The van der Waals surface area contributed by atoms with Gasteiger partial charge in [0.2, 0.25) is 0 Å². The van der Waals surface area contributed by atoms with E-state index in [2.05, 4.69) is 41.5 Å². The normalized spacial score (nSPS) is 12.5. The molecule has 0 saturated heterocycles. The van der Waals surface area contributed by atoms with Gasteiger partial charge in [0.1, 0.15) is 5.01 Å². The minimum Gasteiger partial charge on any atom is -0.380 e. The predicted octanol–water partition coefficient (Wildman–Crippen LogP) is 3.53. The average molecular weight is 276 g/mol. The monoisotopic (exact) mass is 276 g/mol. The molecular weight excluding hydrogens is 256 g/mol. The molecule has 4 heteroatoms. The summed E-state index contributed by atoms with van der Waals surface area (Å²) >= 11 is 1.71. The van der Waals surface area contributed by atoms with E-state index in [0.29, 0.717) is 12.6 Å². The summed E-state index contributed by atoms with van der Waals surface area (Å²) in [6.07, 6.45) is 2.91. The molecule has 2 rings (SSSR count). The molecule has 1 unspecified atom stereocenters. The van der Waals surface area contributed by atoms with Gasteiger partial charge in [0, 0.05) is 25.2 Å². The Hall–Kier alpha value is -1.23. The first-order chi connectivity index (χ1) is 9.35. The Kier molecular flexibility index (Phi) is 5.51. The van der Waals surface area contributed by atoms with Crippen molar-refractivity contribution >= 4 is 11.3 Å². The van der Waals surface area contributed by atoms with Crippen molar-refractivity contribution in [3.05, 3.63) is 52.0 Å². The van der Waals surface area contributed by atoms with Crippen molar-refractivity contribution in [1.82, 2.24) is 10.3 Å². The van der Waals surface area contributed by atoms with Crippen LogP contribution in [0.1, 0.15) is 35.5 Å². The molecule has 1 aromatic heterocycles. The van der Waals surface area contributed by atoms with E-state index < -0.39 is 0 Å². The van der Waals surface area contributed by atoms with Crippen LogP contribution in [0.4, 0.5) is 0 Å². The molecule has 0 radical (unpaired) electrons. The zero-order valence-corrected chi connectivity index (χ0v) is 12.2. The van der Waals surface area contributed by atoms with E-state index in [1.807, 2.05) is 11.6 Å². The molecule has 1 atom stereocenters. The molecule has 102 valence electrons. The quantitative estimate of drug-likeness (QED) is 0.840. The second kappa shape index (κ2) is 7.38.